The topological polar surface area (TPSA) is 69.7 Å². The number of imidazole rings is 1. The van der Waals surface area contributed by atoms with E-state index in [0.29, 0.717) is 17.1 Å². The molecule has 0 saturated heterocycles. The highest BCUT2D eigenvalue weighted by molar-refractivity contribution is 5.63. The standard InChI is InChI=1S/C20H14FN3O3/c21-16-3-1-2-14(10-16)13-27-18-7-4-15(5-8-18)19-12-23-11-17(24(25)26)6-9-20(23)22-19/h1-12H,13H2. The number of pyridine rings is 1. The lowest BCUT2D eigenvalue weighted by Crippen LogP contribution is -1.95. The monoisotopic (exact) mass is 363 g/mol. The predicted octanol–water partition coefficient (Wildman–Crippen LogP) is 4.63. The van der Waals surface area contributed by atoms with Gasteiger partial charge in [-0.05, 0) is 48.0 Å². The van der Waals surface area contributed by atoms with Gasteiger partial charge in [0.05, 0.1) is 16.8 Å². The first kappa shape index (κ1) is 16.7. The molecule has 0 bridgehead atoms. The number of halogens is 1. The maximum Gasteiger partial charge on any atom is 0.286 e. The van der Waals surface area contributed by atoms with Crippen LogP contribution in [0.15, 0.2) is 73.1 Å². The molecular weight excluding hydrogens is 349 g/mol. The molecule has 0 saturated carbocycles. The summed E-state index contributed by atoms with van der Waals surface area (Å²) in [5.41, 5.74) is 2.95. The van der Waals surface area contributed by atoms with Crippen LogP contribution in [-0.4, -0.2) is 14.3 Å². The summed E-state index contributed by atoms with van der Waals surface area (Å²) in [5, 5.41) is 10.9. The summed E-state index contributed by atoms with van der Waals surface area (Å²) in [6.45, 7) is 0.273. The van der Waals surface area contributed by atoms with Crippen LogP contribution in [0, 0.1) is 15.9 Å². The Labute approximate surface area is 153 Å². The van der Waals surface area contributed by atoms with Crippen molar-refractivity contribution in [2.45, 2.75) is 6.61 Å². The molecule has 6 nitrogen and oxygen atoms in total. The first-order chi connectivity index (χ1) is 13.1. The smallest absolute Gasteiger partial charge is 0.286 e. The summed E-state index contributed by atoms with van der Waals surface area (Å²) >= 11 is 0. The molecule has 4 rings (SSSR count). The van der Waals surface area contributed by atoms with E-state index in [9.17, 15) is 14.5 Å². The molecule has 7 heteroatoms. The van der Waals surface area contributed by atoms with Crippen LogP contribution in [0.4, 0.5) is 10.1 Å². The highest BCUT2D eigenvalue weighted by Gasteiger charge is 2.10. The van der Waals surface area contributed by atoms with Gasteiger partial charge in [-0.15, -0.1) is 0 Å². The molecule has 0 unspecified atom stereocenters. The van der Waals surface area contributed by atoms with Gasteiger partial charge in [-0.2, -0.15) is 0 Å². The molecule has 0 aliphatic rings. The number of hydrogen-bond acceptors (Lipinski definition) is 4. The molecule has 27 heavy (non-hydrogen) atoms. The lowest BCUT2D eigenvalue weighted by Gasteiger charge is -2.07. The summed E-state index contributed by atoms with van der Waals surface area (Å²) in [7, 11) is 0. The van der Waals surface area contributed by atoms with E-state index in [0.717, 1.165) is 11.1 Å². The third-order valence-electron chi connectivity index (χ3n) is 4.09. The number of aromatic nitrogens is 2. The quantitative estimate of drug-likeness (QED) is 0.383. The number of nitro groups is 1. The number of hydrogen-bond donors (Lipinski definition) is 0. The third kappa shape index (κ3) is 3.62. The van der Waals surface area contributed by atoms with Crippen molar-refractivity contribution < 1.29 is 14.1 Å². The van der Waals surface area contributed by atoms with Gasteiger partial charge in [-0.25, -0.2) is 9.37 Å². The Morgan fingerprint density at radius 1 is 1.07 bits per heavy atom. The summed E-state index contributed by atoms with van der Waals surface area (Å²) in [4.78, 5) is 14.9. The molecular formula is C20H14FN3O3. The Morgan fingerprint density at radius 3 is 2.63 bits per heavy atom. The molecule has 2 aromatic heterocycles. The van der Waals surface area contributed by atoms with Crippen molar-refractivity contribution in [3.05, 3.63) is 94.6 Å². The molecule has 134 valence electrons. The van der Waals surface area contributed by atoms with Crippen molar-refractivity contribution in [3.8, 4) is 17.0 Å². The molecule has 4 aromatic rings. The van der Waals surface area contributed by atoms with Gasteiger partial charge in [-0.3, -0.25) is 14.5 Å². The van der Waals surface area contributed by atoms with E-state index in [2.05, 4.69) is 4.98 Å². The third-order valence-corrected chi connectivity index (χ3v) is 4.09. The second-order valence-electron chi connectivity index (χ2n) is 5.98. The van der Waals surface area contributed by atoms with Crippen LogP contribution in [-0.2, 0) is 6.61 Å². The molecule has 0 spiro atoms. The fourth-order valence-corrected chi connectivity index (χ4v) is 2.74. The number of rotatable bonds is 5. The summed E-state index contributed by atoms with van der Waals surface area (Å²) in [6.07, 6.45) is 3.17. The van der Waals surface area contributed by atoms with Gasteiger partial charge in [0, 0.05) is 17.8 Å². The van der Waals surface area contributed by atoms with Crippen LogP contribution in [0.2, 0.25) is 0 Å². The largest absolute Gasteiger partial charge is 0.489 e. The molecule has 0 aliphatic heterocycles. The molecule has 0 aliphatic carbocycles. The van der Waals surface area contributed by atoms with Crippen molar-refractivity contribution in [1.82, 2.24) is 9.38 Å². The number of benzene rings is 2. The van der Waals surface area contributed by atoms with Crippen molar-refractivity contribution in [3.63, 3.8) is 0 Å². The lowest BCUT2D eigenvalue weighted by atomic mass is 10.1. The van der Waals surface area contributed by atoms with Crippen molar-refractivity contribution in [1.29, 1.82) is 0 Å². The molecule has 2 heterocycles. The summed E-state index contributed by atoms with van der Waals surface area (Å²) in [6, 6.07) is 16.6. The van der Waals surface area contributed by atoms with Gasteiger partial charge in [0.25, 0.3) is 5.69 Å². The molecule has 0 radical (unpaired) electrons. The number of fused-ring (bicyclic) bond motifs is 1. The van der Waals surface area contributed by atoms with Gasteiger partial charge in [-0.1, -0.05) is 12.1 Å². The Bertz CT molecular complexity index is 1120. The van der Waals surface area contributed by atoms with Gasteiger partial charge in [0.2, 0.25) is 0 Å². The SMILES string of the molecule is O=[N+]([O-])c1ccc2nc(-c3ccc(OCc4cccc(F)c4)cc3)cn2c1. The second kappa shape index (κ2) is 6.87. The van der Waals surface area contributed by atoms with E-state index < -0.39 is 4.92 Å². The zero-order valence-electron chi connectivity index (χ0n) is 14.1. The van der Waals surface area contributed by atoms with Crippen LogP contribution in [0.25, 0.3) is 16.9 Å². The lowest BCUT2D eigenvalue weighted by molar-refractivity contribution is -0.385. The van der Waals surface area contributed by atoms with Crippen LogP contribution >= 0.6 is 0 Å². The fraction of sp³-hybridized carbons (Fsp3) is 0.0500. The minimum atomic E-state index is -0.441. The summed E-state index contributed by atoms with van der Waals surface area (Å²) in [5.74, 6) is 0.362. The normalized spacial score (nSPS) is 10.9. The first-order valence-corrected chi connectivity index (χ1v) is 8.19. The van der Waals surface area contributed by atoms with E-state index in [1.54, 1.807) is 40.9 Å². The predicted molar refractivity (Wildman–Crippen MR) is 98.0 cm³/mol. The van der Waals surface area contributed by atoms with Gasteiger partial charge in [0.1, 0.15) is 23.8 Å². The Morgan fingerprint density at radius 2 is 1.89 bits per heavy atom. The second-order valence-corrected chi connectivity index (χ2v) is 5.98. The average Bonchev–Trinajstić information content (AvgIpc) is 3.10. The molecule has 0 N–H and O–H groups in total. The van der Waals surface area contributed by atoms with E-state index >= 15 is 0 Å². The summed E-state index contributed by atoms with van der Waals surface area (Å²) < 4.78 is 20.5. The average molecular weight is 363 g/mol. The van der Waals surface area contributed by atoms with Crippen molar-refractivity contribution in [2.75, 3.05) is 0 Å². The Balaban J connectivity index is 1.51. The van der Waals surface area contributed by atoms with E-state index in [4.69, 9.17) is 4.74 Å². The molecule has 2 aromatic carbocycles. The van der Waals surface area contributed by atoms with Gasteiger partial charge >= 0.3 is 0 Å². The van der Waals surface area contributed by atoms with Crippen molar-refractivity contribution in [2.24, 2.45) is 0 Å². The van der Waals surface area contributed by atoms with Crippen LogP contribution < -0.4 is 4.74 Å². The maximum absolute atomic E-state index is 13.2. The number of nitrogens with zero attached hydrogens (tertiary/aromatic N) is 3. The van der Waals surface area contributed by atoms with Crippen LogP contribution in [0.1, 0.15) is 5.56 Å². The molecule has 0 atom stereocenters. The van der Waals surface area contributed by atoms with E-state index in [1.165, 1.54) is 24.4 Å². The Kier molecular flexibility index (Phi) is 4.25. The van der Waals surface area contributed by atoms with E-state index in [-0.39, 0.29) is 18.1 Å². The zero-order valence-corrected chi connectivity index (χ0v) is 14.1. The van der Waals surface area contributed by atoms with E-state index in [1.807, 2.05) is 12.1 Å². The van der Waals surface area contributed by atoms with Gasteiger partial charge < -0.3 is 4.74 Å². The van der Waals surface area contributed by atoms with Crippen molar-refractivity contribution >= 4 is 11.3 Å². The molecule has 0 fully saturated rings. The minimum absolute atomic E-state index is 0.00699. The fourth-order valence-electron chi connectivity index (χ4n) is 2.74. The van der Waals surface area contributed by atoms with Crippen LogP contribution in [0.5, 0.6) is 5.75 Å². The highest BCUT2D eigenvalue weighted by Crippen LogP contribution is 2.24. The zero-order chi connectivity index (χ0) is 18.8. The minimum Gasteiger partial charge on any atom is -0.489 e. The Hall–Kier alpha value is -3.74. The first-order valence-electron chi connectivity index (χ1n) is 8.19. The number of ether oxygens (including phenoxy) is 1. The van der Waals surface area contributed by atoms with Crippen LogP contribution in [0.3, 0.4) is 0 Å². The highest BCUT2D eigenvalue weighted by atomic mass is 19.1. The molecule has 0 amide bonds. The van der Waals surface area contributed by atoms with Gasteiger partial charge in [0.15, 0.2) is 0 Å². The maximum atomic E-state index is 13.2.